The van der Waals surface area contributed by atoms with Gasteiger partial charge in [-0.2, -0.15) is 19.0 Å². The molecule has 1 heterocycles. The largest absolute Gasteiger partial charge is 0.663 e. The minimum absolute atomic E-state index is 0. The molecule has 0 N–H and O–H groups in total. The van der Waals surface area contributed by atoms with Crippen LogP contribution >= 0.6 is 0 Å². The van der Waals surface area contributed by atoms with Gasteiger partial charge in [0.15, 0.2) is 0 Å². The van der Waals surface area contributed by atoms with Crippen molar-refractivity contribution >= 4 is 16.2 Å². The van der Waals surface area contributed by atoms with Crippen LogP contribution in [0.2, 0.25) is 0 Å². The Morgan fingerprint density at radius 3 is 2.35 bits per heavy atom. The number of benzene rings is 1. The van der Waals surface area contributed by atoms with Gasteiger partial charge in [-0.05, 0) is 12.1 Å². The van der Waals surface area contributed by atoms with Crippen LogP contribution in [-0.4, -0.2) is 14.6 Å². The molecule has 0 amide bonds. The van der Waals surface area contributed by atoms with Crippen molar-refractivity contribution in [2.75, 3.05) is 0 Å². The molecule has 1 aromatic heterocycles. The predicted molar refractivity (Wildman–Crippen MR) is 61.0 cm³/mol. The molecule has 0 unspecified atom stereocenters. The molecule has 1 aromatic carbocycles. The van der Waals surface area contributed by atoms with Gasteiger partial charge in [0.2, 0.25) is 0 Å². The monoisotopic (exact) mass is 285 g/mol. The summed E-state index contributed by atoms with van der Waals surface area (Å²) in [4.78, 5) is 4.08. The molecule has 2 rings (SSSR count). The van der Waals surface area contributed by atoms with E-state index in [1.165, 1.54) is 18.3 Å². The summed E-state index contributed by atoms with van der Waals surface area (Å²) in [6, 6.07) is 11.5. The van der Waals surface area contributed by atoms with Gasteiger partial charge in [0.1, 0.15) is 0 Å². The average molecular weight is 285 g/mol. The van der Waals surface area contributed by atoms with Gasteiger partial charge in [0, 0.05) is 23.6 Å². The average Bonchev–Trinajstić information content (AvgIpc) is 2.81. The van der Waals surface area contributed by atoms with Gasteiger partial charge >= 0.3 is 0 Å². The summed E-state index contributed by atoms with van der Waals surface area (Å²) in [5, 5.41) is 0. The van der Waals surface area contributed by atoms with Crippen molar-refractivity contribution in [3.05, 3.63) is 54.4 Å². The fraction of sp³-hybridized carbons (Fsp3) is 0. The van der Waals surface area contributed by atoms with Crippen LogP contribution in [0.3, 0.4) is 0 Å². The van der Waals surface area contributed by atoms with E-state index in [-0.39, 0.29) is 22.3 Å². The zero-order chi connectivity index (χ0) is 11.4. The van der Waals surface area contributed by atoms with Gasteiger partial charge in [-0.3, -0.25) is 0 Å². The van der Waals surface area contributed by atoms with E-state index in [1.807, 2.05) is 0 Å². The van der Waals surface area contributed by atoms with Crippen molar-refractivity contribution in [3.63, 3.8) is 0 Å². The third-order valence-electron chi connectivity index (χ3n) is 1.94. The number of aromatic nitrogens is 1. The van der Waals surface area contributed by atoms with Gasteiger partial charge in [0.25, 0.3) is 10.0 Å². The predicted octanol–water partition coefficient (Wildman–Crippen LogP) is 1.45. The quantitative estimate of drug-likeness (QED) is 0.802. The van der Waals surface area contributed by atoms with E-state index in [0.717, 1.165) is 0 Å². The van der Waals surface area contributed by atoms with E-state index in [9.17, 15) is 8.42 Å². The van der Waals surface area contributed by atoms with Crippen LogP contribution in [0.4, 0.5) is 0 Å². The second kappa shape index (κ2) is 5.83. The first-order valence-electron chi connectivity index (χ1n) is 4.61. The Balaban J connectivity index is 0.00000144. The van der Waals surface area contributed by atoms with E-state index < -0.39 is 10.0 Å². The SMILES string of the molecule is O=S(=O)(/N=C/c1ccc[n-]1)c1ccccc1.[Cr]. The summed E-state index contributed by atoms with van der Waals surface area (Å²) in [5.41, 5.74) is 0.527. The number of nitrogens with zero attached hydrogens (tertiary/aromatic N) is 2. The minimum atomic E-state index is -3.61. The number of hydrogen-bond donors (Lipinski definition) is 0. The number of rotatable bonds is 3. The summed E-state index contributed by atoms with van der Waals surface area (Å²) in [7, 11) is -3.61. The van der Waals surface area contributed by atoms with E-state index in [1.54, 1.807) is 36.5 Å². The van der Waals surface area contributed by atoms with Gasteiger partial charge < -0.3 is 4.98 Å². The third kappa shape index (κ3) is 3.56. The van der Waals surface area contributed by atoms with Gasteiger partial charge in [-0.25, -0.2) is 0 Å². The Morgan fingerprint density at radius 2 is 1.76 bits per heavy atom. The van der Waals surface area contributed by atoms with Crippen molar-refractivity contribution in [3.8, 4) is 0 Å². The maximum atomic E-state index is 11.7. The van der Waals surface area contributed by atoms with Crippen LogP contribution < -0.4 is 4.98 Å². The van der Waals surface area contributed by atoms with Crippen LogP contribution in [0.15, 0.2) is 58.0 Å². The van der Waals surface area contributed by atoms with Crippen molar-refractivity contribution in [1.82, 2.24) is 4.98 Å². The molecule has 17 heavy (non-hydrogen) atoms. The topological polar surface area (TPSA) is 60.6 Å². The molecule has 0 atom stereocenters. The fourth-order valence-electron chi connectivity index (χ4n) is 1.17. The molecule has 4 nitrogen and oxygen atoms in total. The second-order valence-electron chi connectivity index (χ2n) is 3.08. The van der Waals surface area contributed by atoms with E-state index in [2.05, 4.69) is 9.38 Å². The first-order valence-corrected chi connectivity index (χ1v) is 6.05. The summed E-state index contributed by atoms with van der Waals surface area (Å²) < 4.78 is 27.0. The molecule has 0 radical (unpaired) electrons. The minimum Gasteiger partial charge on any atom is -0.663 e. The molecular formula is C11H9CrN2O2S-. The Kier molecular flexibility index (Phi) is 4.70. The smallest absolute Gasteiger partial charge is 0.282 e. The number of hydrogen-bond acceptors (Lipinski definition) is 2. The van der Waals surface area contributed by atoms with Crippen molar-refractivity contribution in [1.29, 1.82) is 0 Å². The van der Waals surface area contributed by atoms with Gasteiger partial charge in [-0.15, -0.1) is 5.69 Å². The summed E-state index contributed by atoms with van der Waals surface area (Å²) in [6.07, 6.45) is 2.82. The van der Waals surface area contributed by atoms with Crippen molar-refractivity contribution in [2.45, 2.75) is 4.90 Å². The van der Waals surface area contributed by atoms with Crippen LogP contribution in [0.25, 0.3) is 0 Å². The maximum absolute atomic E-state index is 11.7. The molecule has 0 aliphatic carbocycles. The molecule has 0 saturated heterocycles. The Bertz CT molecular complexity index is 577. The van der Waals surface area contributed by atoms with E-state index >= 15 is 0 Å². The molecule has 6 heteroatoms. The third-order valence-corrected chi connectivity index (χ3v) is 3.19. The number of sulfonamides is 1. The molecule has 0 aliphatic heterocycles. The summed E-state index contributed by atoms with van der Waals surface area (Å²) in [5.74, 6) is 0. The zero-order valence-corrected chi connectivity index (χ0v) is 10.8. The van der Waals surface area contributed by atoms with E-state index in [0.29, 0.717) is 5.69 Å². The summed E-state index contributed by atoms with van der Waals surface area (Å²) >= 11 is 0. The first kappa shape index (κ1) is 13.7. The van der Waals surface area contributed by atoms with Crippen LogP contribution in [-0.2, 0) is 27.4 Å². The zero-order valence-electron chi connectivity index (χ0n) is 8.72. The Morgan fingerprint density at radius 1 is 1.06 bits per heavy atom. The Labute approximate surface area is 111 Å². The molecular weight excluding hydrogens is 276 g/mol. The van der Waals surface area contributed by atoms with Crippen LogP contribution in [0, 0.1) is 0 Å². The molecule has 0 spiro atoms. The van der Waals surface area contributed by atoms with Crippen molar-refractivity contribution in [2.24, 2.45) is 4.40 Å². The molecule has 0 fully saturated rings. The Hall–Kier alpha value is -1.35. The molecule has 0 bridgehead atoms. The van der Waals surface area contributed by atoms with Crippen molar-refractivity contribution < 1.29 is 25.8 Å². The molecule has 0 aliphatic rings. The van der Waals surface area contributed by atoms with E-state index in [4.69, 9.17) is 0 Å². The first-order chi connectivity index (χ1) is 7.68. The van der Waals surface area contributed by atoms with Crippen LogP contribution in [0.1, 0.15) is 5.69 Å². The molecule has 88 valence electrons. The maximum Gasteiger partial charge on any atom is 0.282 e. The second-order valence-corrected chi connectivity index (χ2v) is 4.72. The summed E-state index contributed by atoms with van der Waals surface area (Å²) in [6.45, 7) is 0. The van der Waals surface area contributed by atoms with Gasteiger partial charge in [-0.1, -0.05) is 30.3 Å². The standard InChI is InChI=1S/C11H9N2O2S.Cr/c14-16(15,11-6-2-1-3-7-11)13-9-10-5-4-8-12-10;/h1-9H;/q-1;/b13-9+;. The molecule has 2 aromatic rings. The normalized spacial score (nSPS) is 11.3. The molecule has 0 saturated carbocycles. The fourth-order valence-corrected chi connectivity index (χ4v) is 2.04. The van der Waals surface area contributed by atoms with Crippen LogP contribution in [0.5, 0.6) is 0 Å². The van der Waals surface area contributed by atoms with Gasteiger partial charge in [0.05, 0.1) is 4.90 Å².